The first kappa shape index (κ1) is 21.2. The van der Waals surface area contributed by atoms with E-state index in [1.165, 1.54) is 37.3 Å². The standard InChI is InChI=1S/C19H21BrFNO.CH3NO2/c20-17-11-14(12-22-16-6-2-3-7-16)9-10-19(17)23-13-15-5-1-4-8-18(15)21;2-1(3)4/h1,4-5,8-11,16,22H,2-3,6-7,12-13H2;2H2,(H,3,4). The van der Waals surface area contributed by atoms with Crippen LogP contribution in [0, 0.1) is 5.82 Å². The molecular weight excluding hydrogens is 415 g/mol. The zero-order chi connectivity index (χ0) is 19.6. The van der Waals surface area contributed by atoms with E-state index in [0.717, 1.165) is 16.8 Å². The highest BCUT2D eigenvalue weighted by Crippen LogP contribution is 2.27. The summed E-state index contributed by atoms with van der Waals surface area (Å²) in [5.74, 6) is 0.499. The molecule has 0 spiro atoms. The number of nitrogens with one attached hydrogen (secondary N) is 1. The molecule has 0 saturated heterocycles. The Kier molecular flexibility index (Phi) is 8.54. The maximum absolute atomic E-state index is 13.6. The first-order valence-electron chi connectivity index (χ1n) is 8.82. The molecular formula is C20H24BrFN2O3. The molecule has 3 rings (SSSR count). The molecule has 1 saturated carbocycles. The second-order valence-corrected chi connectivity index (χ2v) is 7.20. The predicted octanol–water partition coefficient (Wildman–Crippen LogP) is 4.82. The molecule has 0 heterocycles. The highest BCUT2D eigenvalue weighted by molar-refractivity contribution is 9.10. The normalized spacial score (nSPS) is 13.7. The van der Waals surface area contributed by atoms with Crippen molar-refractivity contribution >= 4 is 22.0 Å². The summed E-state index contributed by atoms with van der Waals surface area (Å²) in [6, 6.07) is 13.4. The second kappa shape index (κ2) is 10.9. The molecule has 0 radical (unpaired) electrons. The number of carbonyl (C=O) groups is 1. The summed E-state index contributed by atoms with van der Waals surface area (Å²) in [7, 11) is 0. The fraction of sp³-hybridized carbons (Fsp3) is 0.350. The fourth-order valence-corrected chi connectivity index (χ4v) is 3.48. The Morgan fingerprint density at radius 1 is 1.26 bits per heavy atom. The largest absolute Gasteiger partial charge is 0.488 e. The second-order valence-electron chi connectivity index (χ2n) is 6.35. The minimum atomic E-state index is -1.33. The van der Waals surface area contributed by atoms with Gasteiger partial charge in [-0.1, -0.05) is 37.1 Å². The van der Waals surface area contributed by atoms with Crippen molar-refractivity contribution in [3.63, 3.8) is 0 Å². The van der Waals surface area contributed by atoms with Gasteiger partial charge in [-0.15, -0.1) is 0 Å². The van der Waals surface area contributed by atoms with Gasteiger partial charge in [-0.3, -0.25) is 0 Å². The third-order valence-corrected chi connectivity index (χ3v) is 4.91. The number of rotatable bonds is 6. The minimum Gasteiger partial charge on any atom is -0.488 e. The Balaban J connectivity index is 0.000000596. The van der Waals surface area contributed by atoms with E-state index in [2.05, 4.69) is 39.1 Å². The monoisotopic (exact) mass is 438 g/mol. The van der Waals surface area contributed by atoms with E-state index in [9.17, 15) is 4.39 Å². The molecule has 4 N–H and O–H groups in total. The Bertz CT molecular complexity index is 748. The fourth-order valence-electron chi connectivity index (χ4n) is 2.93. The lowest BCUT2D eigenvalue weighted by Crippen LogP contribution is -2.25. The molecule has 7 heteroatoms. The van der Waals surface area contributed by atoms with E-state index in [0.29, 0.717) is 11.6 Å². The number of hydrogen-bond donors (Lipinski definition) is 3. The molecule has 0 aliphatic heterocycles. The van der Waals surface area contributed by atoms with Gasteiger partial charge in [0.15, 0.2) is 0 Å². The van der Waals surface area contributed by atoms with Gasteiger partial charge in [0, 0.05) is 18.2 Å². The molecule has 1 aliphatic carbocycles. The van der Waals surface area contributed by atoms with Gasteiger partial charge >= 0.3 is 6.09 Å². The summed E-state index contributed by atoms with van der Waals surface area (Å²) in [6.45, 7) is 1.10. The third kappa shape index (κ3) is 7.56. The van der Waals surface area contributed by atoms with Crippen LogP contribution in [0.2, 0.25) is 0 Å². The van der Waals surface area contributed by atoms with Crippen LogP contribution in [-0.4, -0.2) is 17.2 Å². The molecule has 146 valence electrons. The van der Waals surface area contributed by atoms with E-state index < -0.39 is 6.09 Å². The van der Waals surface area contributed by atoms with Crippen molar-refractivity contribution in [3.05, 3.63) is 63.9 Å². The van der Waals surface area contributed by atoms with Crippen LogP contribution in [-0.2, 0) is 13.2 Å². The zero-order valence-corrected chi connectivity index (χ0v) is 16.5. The highest BCUT2D eigenvalue weighted by atomic mass is 79.9. The van der Waals surface area contributed by atoms with Crippen LogP contribution in [0.1, 0.15) is 36.8 Å². The smallest absolute Gasteiger partial charge is 0.402 e. The molecule has 0 bridgehead atoms. The van der Waals surface area contributed by atoms with E-state index in [4.69, 9.17) is 14.6 Å². The Labute approximate surface area is 166 Å². The summed E-state index contributed by atoms with van der Waals surface area (Å²) in [6.07, 6.45) is 3.91. The summed E-state index contributed by atoms with van der Waals surface area (Å²) < 4.78 is 20.2. The lowest BCUT2D eigenvalue weighted by molar-refractivity contribution is 0.205. The van der Waals surface area contributed by atoms with Gasteiger partial charge in [-0.05, 0) is 52.5 Å². The lowest BCUT2D eigenvalue weighted by Gasteiger charge is -2.13. The van der Waals surface area contributed by atoms with Crippen LogP contribution in [0.3, 0.4) is 0 Å². The van der Waals surface area contributed by atoms with Gasteiger partial charge in [-0.2, -0.15) is 0 Å². The van der Waals surface area contributed by atoms with Crippen LogP contribution in [0.4, 0.5) is 9.18 Å². The first-order chi connectivity index (χ1) is 13.0. The molecule has 1 fully saturated rings. The summed E-state index contributed by atoms with van der Waals surface area (Å²) in [5.41, 5.74) is 5.81. The Hall–Kier alpha value is -2.12. The number of halogens is 2. The molecule has 0 atom stereocenters. The van der Waals surface area contributed by atoms with Crippen LogP contribution < -0.4 is 15.8 Å². The SMILES string of the molecule is Fc1ccccc1COc1ccc(CNC2CCCC2)cc1Br.NC(=O)O. The quantitative estimate of drug-likeness (QED) is 0.603. The number of nitrogens with two attached hydrogens (primary N) is 1. The van der Waals surface area contributed by atoms with Gasteiger partial charge in [0.05, 0.1) is 4.47 Å². The number of primary amides is 1. The van der Waals surface area contributed by atoms with E-state index in [1.807, 2.05) is 12.1 Å². The van der Waals surface area contributed by atoms with Gasteiger partial charge in [0.2, 0.25) is 0 Å². The predicted molar refractivity (Wildman–Crippen MR) is 106 cm³/mol. The molecule has 27 heavy (non-hydrogen) atoms. The zero-order valence-electron chi connectivity index (χ0n) is 15.0. The van der Waals surface area contributed by atoms with Crippen molar-refractivity contribution < 1.29 is 19.0 Å². The van der Waals surface area contributed by atoms with Crippen molar-refractivity contribution in [1.29, 1.82) is 0 Å². The van der Waals surface area contributed by atoms with Gasteiger partial charge < -0.3 is 20.9 Å². The van der Waals surface area contributed by atoms with Crippen molar-refractivity contribution in [3.8, 4) is 5.75 Å². The van der Waals surface area contributed by atoms with Crippen molar-refractivity contribution in [2.24, 2.45) is 5.73 Å². The molecule has 1 aliphatic rings. The Morgan fingerprint density at radius 3 is 2.56 bits per heavy atom. The van der Waals surface area contributed by atoms with Crippen LogP contribution in [0.5, 0.6) is 5.75 Å². The summed E-state index contributed by atoms with van der Waals surface area (Å²) in [4.78, 5) is 8.78. The van der Waals surface area contributed by atoms with Crippen LogP contribution >= 0.6 is 15.9 Å². The molecule has 5 nitrogen and oxygen atoms in total. The number of benzene rings is 2. The molecule has 1 amide bonds. The van der Waals surface area contributed by atoms with Crippen molar-refractivity contribution in [1.82, 2.24) is 5.32 Å². The molecule has 0 aromatic heterocycles. The minimum absolute atomic E-state index is 0.227. The maximum Gasteiger partial charge on any atom is 0.402 e. The van der Waals surface area contributed by atoms with Crippen molar-refractivity contribution in [2.45, 2.75) is 44.9 Å². The topological polar surface area (TPSA) is 84.6 Å². The molecule has 0 unspecified atom stereocenters. The summed E-state index contributed by atoms with van der Waals surface area (Å²) in [5, 5.41) is 10.8. The molecule has 2 aromatic rings. The maximum atomic E-state index is 13.6. The van der Waals surface area contributed by atoms with Gasteiger partial charge in [0.1, 0.15) is 18.2 Å². The summed E-state index contributed by atoms with van der Waals surface area (Å²) >= 11 is 3.55. The number of ether oxygens (including phenoxy) is 1. The van der Waals surface area contributed by atoms with Crippen LogP contribution in [0.15, 0.2) is 46.9 Å². The first-order valence-corrected chi connectivity index (χ1v) is 9.61. The average molecular weight is 439 g/mol. The van der Waals surface area contributed by atoms with Crippen LogP contribution in [0.25, 0.3) is 0 Å². The molecule has 2 aromatic carbocycles. The number of carboxylic acid groups (broad SMARTS) is 1. The Morgan fingerprint density at radius 2 is 1.93 bits per heavy atom. The highest BCUT2D eigenvalue weighted by Gasteiger charge is 2.14. The third-order valence-electron chi connectivity index (χ3n) is 4.29. The van der Waals surface area contributed by atoms with Gasteiger partial charge in [0.25, 0.3) is 0 Å². The van der Waals surface area contributed by atoms with Crippen molar-refractivity contribution in [2.75, 3.05) is 0 Å². The lowest BCUT2D eigenvalue weighted by atomic mass is 10.2. The van der Waals surface area contributed by atoms with E-state index >= 15 is 0 Å². The van der Waals surface area contributed by atoms with E-state index in [1.54, 1.807) is 12.1 Å². The number of amides is 1. The average Bonchev–Trinajstić information content (AvgIpc) is 3.13. The van der Waals surface area contributed by atoms with E-state index in [-0.39, 0.29) is 12.4 Å². The number of hydrogen-bond acceptors (Lipinski definition) is 3. The van der Waals surface area contributed by atoms with Gasteiger partial charge in [-0.25, -0.2) is 9.18 Å².